The Balaban J connectivity index is 2.66. The minimum atomic E-state index is 0.0734. The molecule has 1 aliphatic heterocycles. The number of rotatable bonds is 4. The molecule has 1 unspecified atom stereocenters. The van der Waals surface area contributed by atoms with Crippen LogP contribution in [0.5, 0.6) is 0 Å². The van der Waals surface area contributed by atoms with E-state index in [0.717, 1.165) is 18.5 Å². The Labute approximate surface area is 80.3 Å². The van der Waals surface area contributed by atoms with E-state index in [0.29, 0.717) is 6.04 Å². The van der Waals surface area contributed by atoms with Gasteiger partial charge in [-0.05, 0) is 37.0 Å². The average Bonchev–Trinajstić information content (AvgIpc) is 2.65. The maximum atomic E-state index is 9.02. The molecule has 0 aliphatic carbocycles. The molecule has 2 N–H and O–H groups in total. The van der Waals surface area contributed by atoms with Crippen molar-refractivity contribution < 1.29 is 5.11 Å². The first-order valence-corrected chi connectivity index (χ1v) is 5.02. The van der Waals surface area contributed by atoms with Crippen LogP contribution in [-0.2, 0) is 0 Å². The van der Waals surface area contributed by atoms with Gasteiger partial charge in [-0.3, -0.25) is 0 Å². The molecule has 0 bridgehead atoms. The first-order valence-electron chi connectivity index (χ1n) is 5.02. The van der Waals surface area contributed by atoms with Crippen LogP contribution in [0.2, 0.25) is 0 Å². The Bertz CT molecular complexity index is 202. The summed E-state index contributed by atoms with van der Waals surface area (Å²) in [6, 6.07) is 0.430. The Morgan fingerprint density at radius 3 is 2.92 bits per heavy atom. The molecule has 0 saturated carbocycles. The molecular weight excluding hydrogens is 162 g/mol. The number of aliphatic hydroxyl groups excluding tert-OH is 1. The monoisotopic (exact) mass is 181 g/mol. The molecular formula is C11H19NO. The lowest BCUT2D eigenvalue weighted by Gasteiger charge is -2.16. The molecule has 0 amide bonds. The molecule has 1 atom stereocenters. The highest BCUT2D eigenvalue weighted by Gasteiger charge is 2.19. The summed E-state index contributed by atoms with van der Waals surface area (Å²) in [6.45, 7) is 7.15. The summed E-state index contributed by atoms with van der Waals surface area (Å²) in [7, 11) is 0. The lowest BCUT2D eigenvalue weighted by atomic mass is 9.98. The van der Waals surface area contributed by atoms with E-state index in [2.05, 4.69) is 24.9 Å². The lowest BCUT2D eigenvalue weighted by molar-refractivity contribution is 0.332. The molecule has 1 rings (SSSR count). The van der Waals surface area contributed by atoms with E-state index in [1.165, 1.54) is 18.4 Å². The maximum Gasteiger partial charge on any atom is 0.0679 e. The van der Waals surface area contributed by atoms with E-state index in [1.807, 2.05) is 0 Å². The zero-order chi connectivity index (χ0) is 9.68. The van der Waals surface area contributed by atoms with E-state index in [9.17, 15) is 0 Å². The molecule has 1 saturated heterocycles. The third-order valence-corrected chi connectivity index (χ3v) is 2.46. The molecule has 74 valence electrons. The van der Waals surface area contributed by atoms with Gasteiger partial charge in [0.1, 0.15) is 0 Å². The highest BCUT2D eigenvalue weighted by molar-refractivity contribution is 5.33. The molecule has 0 aromatic heterocycles. The normalized spacial score (nSPS) is 23.5. The predicted octanol–water partition coefficient (Wildman–Crippen LogP) is 1.62. The molecule has 0 aromatic rings. The minimum Gasteiger partial charge on any atom is -0.392 e. The number of hydrogen-bond acceptors (Lipinski definition) is 2. The quantitative estimate of drug-likeness (QED) is 0.646. The fourth-order valence-electron chi connectivity index (χ4n) is 1.79. The van der Waals surface area contributed by atoms with Crippen LogP contribution in [0.15, 0.2) is 23.8 Å². The van der Waals surface area contributed by atoms with E-state index in [-0.39, 0.29) is 6.61 Å². The molecule has 1 heterocycles. The summed E-state index contributed by atoms with van der Waals surface area (Å²) in [5, 5.41) is 12.4. The summed E-state index contributed by atoms with van der Waals surface area (Å²) < 4.78 is 0. The second-order valence-electron chi connectivity index (χ2n) is 3.48. The maximum absolute atomic E-state index is 9.02. The van der Waals surface area contributed by atoms with Gasteiger partial charge < -0.3 is 10.4 Å². The Morgan fingerprint density at radius 1 is 1.69 bits per heavy atom. The molecule has 13 heavy (non-hydrogen) atoms. The number of allylic oxidation sites excluding steroid dienone is 1. The molecule has 0 radical (unpaired) electrons. The first-order chi connectivity index (χ1) is 6.29. The van der Waals surface area contributed by atoms with Crippen LogP contribution in [0.25, 0.3) is 0 Å². The van der Waals surface area contributed by atoms with E-state index in [1.54, 1.807) is 0 Å². The Hall–Kier alpha value is -0.600. The van der Waals surface area contributed by atoms with Crippen LogP contribution in [0.1, 0.15) is 26.2 Å². The van der Waals surface area contributed by atoms with Gasteiger partial charge in [-0.1, -0.05) is 19.6 Å². The molecule has 0 spiro atoms. The van der Waals surface area contributed by atoms with E-state index in [4.69, 9.17) is 5.11 Å². The smallest absolute Gasteiger partial charge is 0.0679 e. The van der Waals surface area contributed by atoms with Crippen LogP contribution < -0.4 is 5.32 Å². The van der Waals surface area contributed by atoms with E-state index < -0.39 is 0 Å². The summed E-state index contributed by atoms with van der Waals surface area (Å²) in [5.41, 5.74) is 2.07. The van der Waals surface area contributed by atoms with Gasteiger partial charge in [0.25, 0.3) is 0 Å². The van der Waals surface area contributed by atoms with Crippen LogP contribution in [0, 0.1) is 0 Å². The first kappa shape index (κ1) is 10.5. The molecule has 1 aliphatic rings. The van der Waals surface area contributed by atoms with Crippen LogP contribution >= 0.6 is 0 Å². The zero-order valence-electron chi connectivity index (χ0n) is 8.34. The van der Waals surface area contributed by atoms with E-state index >= 15 is 0 Å². The highest BCUT2D eigenvalue weighted by Crippen LogP contribution is 2.20. The van der Waals surface area contributed by atoms with Crippen LogP contribution in [0.3, 0.4) is 0 Å². The van der Waals surface area contributed by atoms with Crippen molar-refractivity contribution in [3.05, 3.63) is 23.8 Å². The fraction of sp³-hybridized carbons (Fsp3) is 0.636. The third-order valence-electron chi connectivity index (χ3n) is 2.46. The van der Waals surface area contributed by atoms with Crippen molar-refractivity contribution in [2.45, 2.75) is 32.2 Å². The van der Waals surface area contributed by atoms with Crippen molar-refractivity contribution in [2.24, 2.45) is 0 Å². The van der Waals surface area contributed by atoms with Crippen molar-refractivity contribution in [3.8, 4) is 0 Å². The van der Waals surface area contributed by atoms with Gasteiger partial charge >= 0.3 is 0 Å². The Kier molecular flexibility index (Phi) is 4.19. The molecule has 1 fully saturated rings. The van der Waals surface area contributed by atoms with Gasteiger partial charge in [0, 0.05) is 6.04 Å². The van der Waals surface area contributed by atoms with Gasteiger partial charge in [-0.25, -0.2) is 0 Å². The fourth-order valence-corrected chi connectivity index (χ4v) is 1.79. The topological polar surface area (TPSA) is 32.3 Å². The third kappa shape index (κ3) is 2.68. The predicted molar refractivity (Wildman–Crippen MR) is 55.6 cm³/mol. The molecule has 0 aromatic carbocycles. The summed E-state index contributed by atoms with van der Waals surface area (Å²) in [6.07, 6.45) is 5.57. The average molecular weight is 181 g/mol. The number of hydrogen-bond donors (Lipinski definition) is 2. The molecule has 2 heteroatoms. The lowest BCUT2D eigenvalue weighted by Crippen LogP contribution is -2.25. The van der Waals surface area contributed by atoms with Crippen LogP contribution in [-0.4, -0.2) is 24.3 Å². The highest BCUT2D eigenvalue weighted by atomic mass is 16.3. The van der Waals surface area contributed by atoms with Crippen molar-refractivity contribution in [2.75, 3.05) is 13.2 Å². The zero-order valence-corrected chi connectivity index (χ0v) is 8.34. The van der Waals surface area contributed by atoms with Crippen molar-refractivity contribution >= 4 is 0 Å². The summed E-state index contributed by atoms with van der Waals surface area (Å²) in [5.74, 6) is 0. The number of aliphatic hydroxyl groups is 1. The second kappa shape index (κ2) is 5.20. The second-order valence-corrected chi connectivity index (χ2v) is 3.48. The standard InChI is InChI=1S/C11H19NO/c1-3-5-10(9(2)8-13)11-6-4-7-12-11/h5,11-13H,2-4,6-8H2,1H3/b10-5+. The summed E-state index contributed by atoms with van der Waals surface area (Å²) in [4.78, 5) is 0. The summed E-state index contributed by atoms with van der Waals surface area (Å²) >= 11 is 0. The minimum absolute atomic E-state index is 0.0734. The van der Waals surface area contributed by atoms with Gasteiger partial charge in [0.15, 0.2) is 0 Å². The van der Waals surface area contributed by atoms with Crippen molar-refractivity contribution in [1.29, 1.82) is 0 Å². The van der Waals surface area contributed by atoms with Gasteiger partial charge in [-0.2, -0.15) is 0 Å². The SMILES string of the molecule is C=C(CO)/C(=C\CC)C1CCCN1. The number of nitrogens with one attached hydrogen (secondary N) is 1. The molecule has 2 nitrogen and oxygen atoms in total. The Morgan fingerprint density at radius 2 is 2.46 bits per heavy atom. The van der Waals surface area contributed by atoms with Crippen molar-refractivity contribution in [1.82, 2.24) is 5.32 Å². The van der Waals surface area contributed by atoms with Crippen LogP contribution in [0.4, 0.5) is 0 Å². The van der Waals surface area contributed by atoms with Gasteiger partial charge in [0.05, 0.1) is 6.61 Å². The van der Waals surface area contributed by atoms with Crippen molar-refractivity contribution in [3.63, 3.8) is 0 Å². The largest absolute Gasteiger partial charge is 0.392 e. The van der Waals surface area contributed by atoms with Gasteiger partial charge in [-0.15, -0.1) is 0 Å². The van der Waals surface area contributed by atoms with Gasteiger partial charge in [0.2, 0.25) is 0 Å².